The smallest absolute Gasteiger partial charge is 0.135 e. The Balaban J connectivity index is 1.42. The molecule has 1 heteroatoms. The highest BCUT2D eigenvalue weighted by Gasteiger charge is 2.23. The molecule has 0 saturated heterocycles. The molecular weight excluding hydrogens is 496 g/mol. The lowest BCUT2D eigenvalue weighted by molar-refractivity contribution is 0.487. The molecule has 41 heavy (non-hydrogen) atoms. The van der Waals surface area contributed by atoms with Crippen LogP contribution in [-0.2, 0) is 0 Å². The molecule has 8 aromatic carbocycles. The molecule has 0 fully saturated rings. The Bertz CT molecular complexity index is 2400. The van der Waals surface area contributed by atoms with E-state index in [4.69, 9.17) is 4.74 Å². The van der Waals surface area contributed by atoms with Crippen molar-refractivity contribution in [1.82, 2.24) is 0 Å². The largest absolute Gasteiger partial charge is 0.456 e. The van der Waals surface area contributed by atoms with Gasteiger partial charge in [0.2, 0.25) is 0 Å². The van der Waals surface area contributed by atoms with Crippen molar-refractivity contribution in [2.45, 2.75) is 0 Å². The maximum atomic E-state index is 9.18. The van der Waals surface area contributed by atoms with Crippen molar-refractivity contribution in [2.75, 3.05) is 0 Å². The van der Waals surface area contributed by atoms with Gasteiger partial charge >= 0.3 is 0 Å². The van der Waals surface area contributed by atoms with Gasteiger partial charge in [0.1, 0.15) is 11.5 Å². The third-order valence-electron chi connectivity index (χ3n) is 8.55. The van der Waals surface area contributed by atoms with Gasteiger partial charge in [-0.1, -0.05) is 121 Å². The van der Waals surface area contributed by atoms with Crippen LogP contribution in [0.1, 0.15) is 1.37 Å². The van der Waals surface area contributed by atoms with Gasteiger partial charge < -0.3 is 4.74 Å². The SMILES string of the molecule is [2H]c1cccc2c(-c3ccc4c5c(cccc35)-c3ccccc3O4)c3ccccc3c(-c3ccc4ccccc4c3)c12. The van der Waals surface area contributed by atoms with Crippen molar-refractivity contribution in [1.29, 1.82) is 0 Å². The Morgan fingerprint density at radius 2 is 1.10 bits per heavy atom. The maximum Gasteiger partial charge on any atom is 0.135 e. The molecular formula is C40H24O. The van der Waals surface area contributed by atoms with Gasteiger partial charge in [0.05, 0.1) is 1.37 Å². The number of para-hydroxylation sites is 1. The van der Waals surface area contributed by atoms with Crippen molar-refractivity contribution in [3.63, 3.8) is 0 Å². The number of hydrogen-bond donors (Lipinski definition) is 0. The van der Waals surface area contributed by atoms with Gasteiger partial charge in [-0.3, -0.25) is 0 Å². The predicted molar refractivity (Wildman–Crippen MR) is 173 cm³/mol. The molecule has 1 nitrogen and oxygen atoms in total. The van der Waals surface area contributed by atoms with E-state index < -0.39 is 0 Å². The molecule has 8 aromatic rings. The molecule has 1 heterocycles. The Hall–Kier alpha value is -5.40. The first-order valence-electron chi connectivity index (χ1n) is 14.5. The molecule has 1 aliphatic rings. The van der Waals surface area contributed by atoms with Gasteiger partial charge in [-0.25, -0.2) is 0 Å². The zero-order valence-electron chi connectivity index (χ0n) is 23.2. The lowest BCUT2D eigenvalue weighted by atomic mass is 9.83. The summed E-state index contributed by atoms with van der Waals surface area (Å²) in [5, 5.41) is 9.08. The molecule has 0 amide bonds. The second-order valence-corrected chi connectivity index (χ2v) is 10.8. The highest BCUT2D eigenvalue weighted by Crippen LogP contribution is 2.51. The van der Waals surface area contributed by atoms with E-state index in [1.54, 1.807) is 0 Å². The van der Waals surface area contributed by atoms with Crippen LogP contribution in [0, 0.1) is 0 Å². The van der Waals surface area contributed by atoms with E-state index >= 15 is 0 Å². The highest BCUT2D eigenvalue weighted by atomic mass is 16.5. The summed E-state index contributed by atoms with van der Waals surface area (Å²) < 4.78 is 15.6. The third kappa shape index (κ3) is 3.24. The minimum atomic E-state index is 0.530. The molecule has 0 saturated carbocycles. The average molecular weight is 522 g/mol. The molecule has 0 bridgehead atoms. The zero-order valence-corrected chi connectivity index (χ0v) is 22.2. The molecule has 190 valence electrons. The fourth-order valence-corrected chi connectivity index (χ4v) is 6.78. The van der Waals surface area contributed by atoms with Crippen LogP contribution >= 0.6 is 0 Å². The summed E-state index contributed by atoms with van der Waals surface area (Å²) in [6.07, 6.45) is 0. The van der Waals surface area contributed by atoms with E-state index in [0.717, 1.165) is 66.2 Å². The summed E-state index contributed by atoms with van der Waals surface area (Å²) in [6, 6.07) is 49.5. The first-order valence-corrected chi connectivity index (χ1v) is 14.0. The van der Waals surface area contributed by atoms with Gasteiger partial charge in [-0.2, -0.15) is 0 Å². The summed E-state index contributed by atoms with van der Waals surface area (Å²) in [7, 11) is 0. The molecule has 0 aromatic heterocycles. The number of benzene rings is 8. The number of fused-ring (bicyclic) bond motifs is 5. The molecule has 0 N–H and O–H groups in total. The van der Waals surface area contributed by atoms with E-state index in [2.05, 4.69) is 115 Å². The highest BCUT2D eigenvalue weighted by molar-refractivity contribution is 6.24. The first kappa shape index (κ1) is 21.4. The summed E-state index contributed by atoms with van der Waals surface area (Å²) in [4.78, 5) is 0. The van der Waals surface area contributed by atoms with E-state index in [1.165, 1.54) is 21.7 Å². The lowest BCUT2D eigenvalue weighted by Crippen LogP contribution is -1.98. The van der Waals surface area contributed by atoms with E-state index in [0.29, 0.717) is 6.04 Å². The molecule has 0 aliphatic carbocycles. The Morgan fingerprint density at radius 3 is 2.00 bits per heavy atom. The average Bonchev–Trinajstić information content (AvgIpc) is 3.04. The second kappa shape index (κ2) is 8.55. The van der Waals surface area contributed by atoms with Crippen molar-refractivity contribution >= 4 is 43.1 Å². The van der Waals surface area contributed by atoms with E-state index in [1.807, 2.05) is 24.3 Å². The van der Waals surface area contributed by atoms with Crippen molar-refractivity contribution in [2.24, 2.45) is 0 Å². The monoisotopic (exact) mass is 521 g/mol. The number of hydrogen-bond acceptors (Lipinski definition) is 1. The molecule has 0 unspecified atom stereocenters. The topological polar surface area (TPSA) is 9.23 Å². The molecule has 0 radical (unpaired) electrons. The number of ether oxygens (including phenoxy) is 1. The van der Waals surface area contributed by atoms with Crippen LogP contribution in [0.2, 0.25) is 0 Å². The fourth-order valence-electron chi connectivity index (χ4n) is 6.78. The van der Waals surface area contributed by atoms with Crippen molar-refractivity contribution in [3.8, 4) is 44.9 Å². The van der Waals surface area contributed by atoms with Gasteiger partial charge in [0, 0.05) is 10.9 Å². The molecule has 1 aliphatic heterocycles. The summed E-state index contributed by atoms with van der Waals surface area (Å²) >= 11 is 0. The zero-order chi connectivity index (χ0) is 27.8. The third-order valence-corrected chi connectivity index (χ3v) is 8.55. The van der Waals surface area contributed by atoms with Crippen molar-refractivity contribution < 1.29 is 6.11 Å². The van der Waals surface area contributed by atoms with Crippen LogP contribution in [0.3, 0.4) is 0 Å². The second-order valence-electron chi connectivity index (χ2n) is 10.8. The van der Waals surface area contributed by atoms with Crippen LogP contribution < -0.4 is 4.74 Å². The van der Waals surface area contributed by atoms with E-state index in [9.17, 15) is 1.37 Å². The molecule has 0 spiro atoms. The van der Waals surface area contributed by atoms with Crippen molar-refractivity contribution in [3.05, 3.63) is 146 Å². The Kier molecular flexibility index (Phi) is 4.47. The summed E-state index contributed by atoms with van der Waals surface area (Å²) in [5.41, 5.74) is 6.84. The summed E-state index contributed by atoms with van der Waals surface area (Å²) in [6.45, 7) is 0. The fraction of sp³-hybridized carbons (Fsp3) is 0. The van der Waals surface area contributed by atoms with Crippen LogP contribution in [0.25, 0.3) is 76.5 Å². The van der Waals surface area contributed by atoms with E-state index in [-0.39, 0.29) is 0 Å². The van der Waals surface area contributed by atoms with Crippen LogP contribution in [0.5, 0.6) is 11.5 Å². The number of rotatable bonds is 2. The Morgan fingerprint density at radius 1 is 0.415 bits per heavy atom. The van der Waals surface area contributed by atoms with Crippen LogP contribution in [0.4, 0.5) is 0 Å². The van der Waals surface area contributed by atoms with Gasteiger partial charge in [-0.05, 0) is 89.8 Å². The van der Waals surface area contributed by atoms with Gasteiger partial charge in [0.15, 0.2) is 0 Å². The Labute approximate surface area is 239 Å². The standard InChI is InChI=1S/C40H24O/c1-2-11-26-24-27(21-20-25(26)10-1)38-30-13-3-5-15-32(30)39(33-16-6-4-14-31(33)38)35-22-23-37-40-29(17-9-18-34(35)40)28-12-7-8-19-36(28)41-37/h1-24H/i13D. The first-order chi connectivity index (χ1) is 20.8. The lowest BCUT2D eigenvalue weighted by Gasteiger charge is -2.24. The molecule has 9 rings (SSSR count). The molecule has 0 atom stereocenters. The van der Waals surface area contributed by atoms with Crippen LogP contribution in [0.15, 0.2) is 146 Å². The van der Waals surface area contributed by atoms with Gasteiger partial charge in [-0.15, -0.1) is 0 Å². The normalized spacial score (nSPS) is 12.4. The summed E-state index contributed by atoms with van der Waals surface area (Å²) in [5.74, 6) is 1.77. The predicted octanol–water partition coefficient (Wildman–Crippen LogP) is 11.4. The minimum absolute atomic E-state index is 0.530. The minimum Gasteiger partial charge on any atom is -0.456 e. The quantitative estimate of drug-likeness (QED) is 0.206. The maximum absolute atomic E-state index is 9.18. The van der Waals surface area contributed by atoms with Gasteiger partial charge in [0.25, 0.3) is 0 Å². The van der Waals surface area contributed by atoms with Crippen LogP contribution in [-0.4, -0.2) is 0 Å².